The second-order valence-corrected chi connectivity index (χ2v) is 4.92. The van der Waals surface area contributed by atoms with Gasteiger partial charge >= 0.3 is 0 Å². The highest BCUT2D eigenvalue weighted by molar-refractivity contribution is 7.14. The molecule has 0 radical (unpaired) electrons. The van der Waals surface area contributed by atoms with Crippen molar-refractivity contribution in [1.82, 2.24) is 10.2 Å². The summed E-state index contributed by atoms with van der Waals surface area (Å²) in [6, 6.07) is 4.91. The molecule has 94 valence electrons. The molecule has 2 rings (SSSR count). The molecule has 18 heavy (non-hydrogen) atoms. The van der Waals surface area contributed by atoms with Crippen molar-refractivity contribution in [2.75, 3.05) is 6.54 Å². The normalized spacial score (nSPS) is 10.6. The summed E-state index contributed by atoms with van der Waals surface area (Å²) in [6.07, 6.45) is 0.672. The minimum absolute atomic E-state index is 0.0700. The highest BCUT2D eigenvalue weighted by Gasteiger charge is 2.12. The molecule has 0 bridgehead atoms. The Morgan fingerprint density at radius 2 is 2.17 bits per heavy atom. The summed E-state index contributed by atoms with van der Waals surface area (Å²) in [7, 11) is 0. The third kappa shape index (κ3) is 2.69. The lowest BCUT2D eigenvalue weighted by Crippen LogP contribution is -2.01. The van der Waals surface area contributed by atoms with Crippen LogP contribution in [0.3, 0.4) is 0 Å². The number of nitro benzene ring substituents is 1. The van der Waals surface area contributed by atoms with Gasteiger partial charge in [-0.25, -0.2) is 0 Å². The fourth-order valence-corrected chi connectivity index (χ4v) is 2.43. The van der Waals surface area contributed by atoms with E-state index in [4.69, 9.17) is 5.73 Å². The Kier molecular flexibility index (Phi) is 3.63. The Bertz CT molecular complexity index is 582. The average molecular weight is 264 g/mol. The van der Waals surface area contributed by atoms with Crippen LogP contribution in [0.15, 0.2) is 18.2 Å². The minimum atomic E-state index is -0.404. The molecule has 1 aromatic heterocycles. The highest BCUT2D eigenvalue weighted by atomic mass is 32.1. The van der Waals surface area contributed by atoms with E-state index in [1.807, 2.05) is 13.0 Å². The van der Waals surface area contributed by atoms with Crippen LogP contribution in [-0.4, -0.2) is 21.7 Å². The number of nitrogens with two attached hydrogens (primary N) is 1. The molecule has 1 heterocycles. The first-order valence-electron chi connectivity index (χ1n) is 5.39. The maximum Gasteiger partial charge on any atom is 0.270 e. The number of aryl methyl sites for hydroxylation is 1. The van der Waals surface area contributed by atoms with Crippen LogP contribution in [0.4, 0.5) is 5.69 Å². The Balaban J connectivity index is 2.39. The smallest absolute Gasteiger partial charge is 0.270 e. The van der Waals surface area contributed by atoms with Crippen LogP contribution in [0.2, 0.25) is 0 Å². The fourth-order valence-electron chi connectivity index (χ4n) is 1.59. The van der Waals surface area contributed by atoms with Gasteiger partial charge in [-0.1, -0.05) is 11.3 Å². The minimum Gasteiger partial charge on any atom is -0.330 e. The molecule has 0 unspecified atom stereocenters. The first-order valence-corrected chi connectivity index (χ1v) is 6.20. The van der Waals surface area contributed by atoms with Crippen molar-refractivity contribution in [2.24, 2.45) is 5.73 Å². The van der Waals surface area contributed by atoms with Gasteiger partial charge in [0.1, 0.15) is 10.0 Å². The number of non-ortho nitro benzene ring substituents is 1. The van der Waals surface area contributed by atoms with Crippen molar-refractivity contribution in [2.45, 2.75) is 13.3 Å². The number of nitro groups is 1. The summed E-state index contributed by atoms with van der Waals surface area (Å²) >= 11 is 1.41. The summed E-state index contributed by atoms with van der Waals surface area (Å²) in [4.78, 5) is 10.4. The molecule has 0 aliphatic carbocycles. The molecule has 0 saturated heterocycles. The van der Waals surface area contributed by atoms with Gasteiger partial charge in [0.05, 0.1) is 4.92 Å². The van der Waals surface area contributed by atoms with E-state index >= 15 is 0 Å². The van der Waals surface area contributed by atoms with E-state index < -0.39 is 4.92 Å². The van der Waals surface area contributed by atoms with Gasteiger partial charge in [-0.05, 0) is 25.1 Å². The molecule has 0 fully saturated rings. The summed E-state index contributed by atoms with van der Waals surface area (Å²) in [5, 5.41) is 20.4. The van der Waals surface area contributed by atoms with Gasteiger partial charge in [-0.3, -0.25) is 10.1 Å². The Hall–Kier alpha value is -1.86. The van der Waals surface area contributed by atoms with E-state index in [1.165, 1.54) is 23.5 Å². The van der Waals surface area contributed by atoms with Crippen molar-refractivity contribution in [3.63, 3.8) is 0 Å². The maximum absolute atomic E-state index is 10.8. The standard InChI is InChI=1S/C11H12N4O2S/c1-7-4-8(6-9(5-7)15(16)17)11-14-13-10(18-11)2-3-12/h4-6H,2-3,12H2,1H3. The van der Waals surface area contributed by atoms with Crippen LogP contribution in [-0.2, 0) is 6.42 Å². The molecule has 0 spiro atoms. The molecular formula is C11H12N4O2S. The van der Waals surface area contributed by atoms with E-state index in [0.717, 1.165) is 16.1 Å². The molecule has 0 amide bonds. The zero-order valence-corrected chi connectivity index (χ0v) is 10.6. The predicted octanol–water partition coefficient (Wildman–Crippen LogP) is 1.92. The molecule has 0 aliphatic heterocycles. The Morgan fingerprint density at radius 1 is 1.39 bits per heavy atom. The third-order valence-corrected chi connectivity index (χ3v) is 3.38. The Labute approximate surface area is 108 Å². The van der Waals surface area contributed by atoms with Crippen LogP contribution in [0, 0.1) is 17.0 Å². The quantitative estimate of drug-likeness (QED) is 0.672. The van der Waals surface area contributed by atoms with Crippen LogP contribution < -0.4 is 5.73 Å². The average Bonchev–Trinajstić information content (AvgIpc) is 2.77. The van der Waals surface area contributed by atoms with Crippen molar-refractivity contribution < 1.29 is 4.92 Å². The summed E-state index contributed by atoms with van der Waals surface area (Å²) < 4.78 is 0. The largest absolute Gasteiger partial charge is 0.330 e. The second kappa shape index (κ2) is 5.19. The second-order valence-electron chi connectivity index (χ2n) is 3.85. The van der Waals surface area contributed by atoms with Crippen molar-refractivity contribution in [3.8, 4) is 10.6 Å². The number of hydrogen-bond donors (Lipinski definition) is 1. The first kappa shape index (κ1) is 12.6. The maximum atomic E-state index is 10.8. The number of benzene rings is 1. The van der Waals surface area contributed by atoms with Gasteiger partial charge in [-0.15, -0.1) is 10.2 Å². The van der Waals surface area contributed by atoms with Crippen LogP contribution in [0.1, 0.15) is 10.6 Å². The van der Waals surface area contributed by atoms with Gasteiger partial charge in [-0.2, -0.15) is 0 Å². The first-order chi connectivity index (χ1) is 8.60. The zero-order chi connectivity index (χ0) is 13.1. The molecule has 0 saturated carbocycles. The van der Waals surface area contributed by atoms with E-state index in [2.05, 4.69) is 10.2 Å². The number of rotatable bonds is 4. The number of aromatic nitrogens is 2. The molecule has 6 nitrogen and oxygen atoms in total. The van der Waals surface area contributed by atoms with Crippen molar-refractivity contribution in [3.05, 3.63) is 38.9 Å². The summed E-state index contributed by atoms with van der Waals surface area (Å²) in [6.45, 7) is 2.33. The number of hydrogen-bond acceptors (Lipinski definition) is 6. The van der Waals surface area contributed by atoms with Crippen molar-refractivity contribution >= 4 is 17.0 Å². The highest BCUT2D eigenvalue weighted by Crippen LogP contribution is 2.28. The van der Waals surface area contributed by atoms with Gasteiger partial charge in [0.15, 0.2) is 0 Å². The predicted molar refractivity (Wildman–Crippen MR) is 69.5 cm³/mol. The van der Waals surface area contributed by atoms with E-state index in [-0.39, 0.29) is 5.69 Å². The lowest BCUT2D eigenvalue weighted by atomic mass is 10.1. The van der Waals surface area contributed by atoms with E-state index in [1.54, 1.807) is 0 Å². The molecule has 2 aromatic rings. The monoisotopic (exact) mass is 264 g/mol. The summed E-state index contributed by atoms with van der Waals surface area (Å²) in [5.74, 6) is 0. The van der Waals surface area contributed by atoms with Crippen molar-refractivity contribution in [1.29, 1.82) is 0 Å². The molecule has 1 aromatic carbocycles. The van der Waals surface area contributed by atoms with Crippen LogP contribution >= 0.6 is 11.3 Å². The summed E-state index contributed by atoms with van der Waals surface area (Å²) in [5.41, 5.74) is 7.07. The van der Waals surface area contributed by atoms with E-state index in [9.17, 15) is 10.1 Å². The zero-order valence-electron chi connectivity index (χ0n) is 9.79. The van der Waals surface area contributed by atoms with Gasteiger partial charge < -0.3 is 5.73 Å². The lowest BCUT2D eigenvalue weighted by Gasteiger charge is -1.98. The Morgan fingerprint density at radius 3 is 2.83 bits per heavy atom. The van der Waals surface area contributed by atoms with Gasteiger partial charge in [0.2, 0.25) is 0 Å². The SMILES string of the molecule is Cc1cc(-c2nnc(CCN)s2)cc([N+](=O)[O-])c1. The van der Waals surface area contributed by atoms with Crippen LogP contribution in [0.25, 0.3) is 10.6 Å². The molecule has 2 N–H and O–H groups in total. The van der Waals surface area contributed by atoms with Crippen LogP contribution in [0.5, 0.6) is 0 Å². The molecular weight excluding hydrogens is 252 g/mol. The number of nitrogens with zero attached hydrogens (tertiary/aromatic N) is 3. The molecule has 7 heteroatoms. The van der Waals surface area contributed by atoms with Gasteiger partial charge in [0.25, 0.3) is 5.69 Å². The molecule has 0 atom stereocenters. The van der Waals surface area contributed by atoms with Gasteiger partial charge in [0, 0.05) is 24.1 Å². The topological polar surface area (TPSA) is 94.9 Å². The van der Waals surface area contributed by atoms with E-state index in [0.29, 0.717) is 18.0 Å². The third-order valence-electron chi connectivity index (χ3n) is 2.34. The lowest BCUT2D eigenvalue weighted by molar-refractivity contribution is -0.384. The molecule has 0 aliphatic rings. The fraction of sp³-hybridized carbons (Fsp3) is 0.273.